The summed E-state index contributed by atoms with van der Waals surface area (Å²) in [6.45, 7) is 0.858. The molecule has 10 heteroatoms. The summed E-state index contributed by atoms with van der Waals surface area (Å²) in [4.78, 5) is 22.6. The molecule has 0 radical (unpaired) electrons. The van der Waals surface area contributed by atoms with Gasteiger partial charge >= 0.3 is 6.18 Å². The number of hydrogen-bond donors (Lipinski definition) is 1. The fourth-order valence-electron chi connectivity index (χ4n) is 3.75. The molecular formula is C21H21F3N6O. The van der Waals surface area contributed by atoms with Crippen LogP contribution in [0.25, 0.3) is 5.82 Å². The number of piperidine rings is 1. The van der Waals surface area contributed by atoms with Crippen molar-refractivity contribution in [3.05, 3.63) is 66.2 Å². The Kier molecular flexibility index (Phi) is 5.88. The molecule has 0 unspecified atom stereocenters. The number of carbonyl (C=O) groups excluding carboxylic acids is 1. The zero-order chi connectivity index (χ0) is 21.8. The molecule has 0 aromatic carbocycles. The van der Waals surface area contributed by atoms with E-state index in [4.69, 9.17) is 0 Å². The first-order valence-corrected chi connectivity index (χ1v) is 9.92. The van der Waals surface area contributed by atoms with Crippen molar-refractivity contribution < 1.29 is 18.0 Å². The molecule has 31 heavy (non-hydrogen) atoms. The van der Waals surface area contributed by atoms with Crippen molar-refractivity contribution in [1.82, 2.24) is 25.1 Å². The molecule has 0 saturated carbocycles. The molecule has 1 aliphatic rings. The van der Waals surface area contributed by atoms with E-state index < -0.39 is 17.7 Å². The highest BCUT2D eigenvalue weighted by molar-refractivity contribution is 5.79. The van der Waals surface area contributed by atoms with Crippen molar-refractivity contribution >= 4 is 11.7 Å². The minimum Gasteiger partial charge on any atom is -0.355 e. The predicted octanol–water partition coefficient (Wildman–Crippen LogP) is 3.21. The van der Waals surface area contributed by atoms with Crippen LogP contribution in [0.1, 0.15) is 24.0 Å². The molecule has 162 valence electrons. The van der Waals surface area contributed by atoms with Gasteiger partial charge in [-0.2, -0.15) is 18.3 Å². The zero-order valence-electron chi connectivity index (χ0n) is 16.6. The van der Waals surface area contributed by atoms with Crippen molar-refractivity contribution in [2.75, 3.05) is 18.0 Å². The molecule has 1 N–H and O–H groups in total. The van der Waals surface area contributed by atoms with E-state index in [-0.39, 0.29) is 24.8 Å². The molecule has 0 bridgehead atoms. The van der Waals surface area contributed by atoms with E-state index in [0.29, 0.717) is 25.2 Å². The lowest BCUT2D eigenvalue weighted by atomic mass is 9.96. The highest BCUT2D eigenvalue weighted by Crippen LogP contribution is 2.36. The first-order valence-electron chi connectivity index (χ1n) is 9.92. The first kappa shape index (κ1) is 20.8. The Morgan fingerprint density at radius 3 is 2.61 bits per heavy atom. The van der Waals surface area contributed by atoms with Gasteiger partial charge in [0.2, 0.25) is 5.91 Å². The number of aromatic nitrogens is 4. The van der Waals surface area contributed by atoms with Crippen LogP contribution in [-0.4, -0.2) is 38.7 Å². The second kappa shape index (κ2) is 8.75. The Hall–Kier alpha value is -3.43. The largest absolute Gasteiger partial charge is 0.419 e. The van der Waals surface area contributed by atoms with Crippen LogP contribution in [-0.2, 0) is 17.5 Å². The minimum absolute atomic E-state index is 0.124. The number of halogens is 3. The van der Waals surface area contributed by atoms with Gasteiger partial charge in [0.1, 0.15) is 5.82 Å². The monoisotopic (exact) mass is 430 g/mol. The molecule has 3 aromatic heterocycles. The number of amides is 1. The molecule has 1 amide bonds. The topological polar surface area (TPSA) is 75.9 Å². The van der Waals surface area contributed by atoms with Gasteiger partial charge in [-0.15, -0.1) is 0 Å². The number of hydrogen-bond acceptors (Lipinski definition) is 5. The average molecular weight is 430 g/mol. The number of carbonyl (C=O) groups is 1. The molecule has 1 aliphatic heterocycles. The summed E-state index contributed by atoms with van der Waals surface area (Å²) in [6.07, 6.45) is 3.10. The Bertz CT molecular complexity index is 1040. The van der Waals surface area contributed by atoms with Crippen LogP contribution in [0.2, 0.25) is 0 Å². The second-order valence-corrected chi connectivity index (χ2v) is 7.31. The highest BCUT2D eigenvalue weighted by atomic mass is 19.4. The molecule has 4 rings (SSSR count). The number of nitrogens with zero attached hydrogens (tertiary/aromatic N) is 5. The second-order valence-electron chi connectivity index (χ2n) is 7.31. The summed E-state index contributed by atoms with van der Waals surface area (Å²) in [5.41, 5.74) is 0.00609. The predicted molar refractivity (Wildman–Crippen MR) is 107 cm³/mol. The van der Waals surface area contributed by atoms with Gasteiger partial charge in [0.15, 0.2) is 5.82 Å². The van der Waals surface area contributed by atoms with Crippen LogP contribution >= 0.6 is 0 Å². The fraction of sp³-hybridized carbons (Fsp3) is 0.333. The molecule has 3 aromatic rings. The lowest BCUT2D eigenvalue weighted by molar-refractivity contribution is -0.137. The number of alkyl halides is 3. The van der Waals surface area contributed by atoms with Crippen LogP contribution < -0.4 is 10.2 Å². The minimum atomic E-state index is -4.50. The van der Waals surface area contributed by atoms with E-state index in [1.165, 1.54) is 12.3 Å². The summed E-state index contributed by atoms with van der Waals surface area (Å²) in [5.74, 6) is -0.145. The standard InChI is InChI=1S/C21H21F3N6O/c22-21(23,24)17-7-2-9-26-19(17)29-11-3-6-16(14-29)20(31)27-13-15-5-1-8-25-18(15)30-12-4-10-28-30/h1-2,4-5,7-10,12,16H,3,6,11,13-14H2,(H,27,31)/t16-/m1/s1. The third kappa shape index (κ3) is 4.68. The number of rotatable bonds is 5. The van der Waals surface area contributed by atoms with Gasteiger partial charge in [0, 0.05) is 50.0 Å². The van der Waals surface area contributed by atoms with Gasteiger partial charge in [0.25, 0.3) is 0 Å². The number of anilines is 1. The van der Waals surface area contributed by atoms with E-state index in [2.05, 4.69) is 20.4 Å². The molecule has 4 heterocycles. The molecule has 0 spiro atoms. The van der Waals surface area contributed by atoms with Gasteiger partial charge in [-0.1, -0.05) is 6.07 Å². The van der Waals surface area contributed by atoms with Crippen LogP contribution in [0.5, 0.6) is 0 Å². The Labute approximate surface area is 176 Å². The average Bonchev–Trinajstić information content (AvgIpc) is 3.32. The third-order valence-electron chi connectivity index (χ3n) is 5.23. The van der Waals surface area contributed by atoms with Crippen LogP contribution in [0.3, 0.4) is 0 Å². The molecule has 1 atom stereocenters. The summed E-state index contributed by atoms with van der Waals surface area (Å²) in [5, 5.41) is 7.07. The van der Waals surface area contributed by atoms with E-state index in [9.17, 15) is 18.0 Å². The van der Waals surface area contributed by atoms with E-state index >= 15 is 0 Å². The van der Waals surface area contributed by atoms with Gasteiger partial charge in [-0.05, 0) is 37.1 Å². The van der Waals surface area contributed by atoms with Crippen molar-refractivity contribution in [3.8, 4) is 5.82 Å². The molecule has 0 aliphatic carbocycles. The fourth-order valence-corrected chi connectivity index (χ4v) is 3.75. The van der Waals surface area contributed by atoms with Crippen molar-refractivity contribution in [3.63, 3.8) is 0 Å². The molecule has 7 nitrogen and oxygen atoms in total. The molecule has 1 fully saturated rings. The lowest BCUT2D eigenvalue weighted by Crippen LogP contribution is -2.43. The summed E-state index contributed by atoms with van der Waals surface area (Å²) in [7, 11) is 0. The van der Waals surface area contributed by atoms with Gasteiger partial charge in [-0.25, -0.2) is 14.6 Å². The van der Waals surface area contributed by atoms with Crippen molar-refractivity contribution in [2.24, 2.45) is 5.92 Å². The summed E-state index contributed by atoms with van der Waals surface area (Å²) in [6, 6.07) is 7.69. The van der Waals surface area contributed by atoms with Gasteiger partial charge in [-0.3, -0.25) is 4.79 Å². The van der Waals surface area contributed by atoms with E-state index in [0.717, 1.165) is 11.6 Å². The lowest BCUT2D eigenvalue weighted by Gasteiger charge is -2.34. The van der Waals surface area contributed by atoms with E-state index in [1.54, 1.807) is 40.3 Å². The van der Waals surface area contributed by atoms with Crippen LogP contribution in [0.4, 0.5) is 19.0 Å². The normalized spacial score (nSPS) is 16.9. The summed E-state index contributed by atoms with van der Waals surface area (Å²) >= 11 is 0. The maximum atomic E-state index is 13.4. The first-order chi connectivity index (χ1) is 14.9. The highest BCUT2D eigenvalue weighted by Gasteiger charge is 2.37. The van der Waals surface area contributed by atoms with Crippen molar-refractivity contribution in [1.29, 1.82) is 0 Å². The number of pyridine rings is 2. The molecule has 1 saturated heterocycles. The Morgan fingerprint density at radius 2 is 1.87 bits per heavy atom. The van der Waals surface area contributed by atoms with Gasteiger partial charge < -0.3 is 10.2 Å². The summed E-state index contributed by atoms with van der Waals surface area (Å²) < 4.78 is 41.7. The zero-order valence-corrected chi connectivity index (χ0v) is 16.6. The quantitative estimate of drug-likeness (QED) is 0.673. The maximum absolute atomic E-state index is 13.4. The van der Waals surface area contributed by atoms with Crippen molar-refractivity contribution in [2.45, 2.75) is 25.6 Å². The van der Waals surface area contributed by atoms with E-state index in [1.807, 2.05) is 6.07 Å². The Balaban J connectivity index is 1.44. The molecular weight excluding hydrogens is 409 g/mol. The Morgan fingerprint density at radius 1 is 1.10 bits per heavy atom. The number of nitrogens with one attached hydrogen (secondary N) is 1. The maximum Gasteiger partial charge on any atom is 0.419 e. The third-order valence-corrected chi connectivity index (χ3v) is 5.23. The van der Waals surface area contributed by atoms with Gasteiger partial charge in [0.05, 0.1) is 11.5 Å². The van der Waals surface area contributed by atoms with Crippen LogP contribution in [0.15, 0.2) is 55.1 Å². The van der Waals surface area contributed by atoms with Crippen LogP contribution in [0, 0.1) is 5.92 Å². The SMILES string of the molecule is O=C(NCc1cccnc1-n1cccn1)[C@@H]1CCCN(c2ncccc2C(F)(F)F)C1. The smallest absolute Gasteiger partial charge is 0.355 e.